The van der Waals surface area contributed by atoms with Crippen molar-refractivity contribution in [1.29, 1.82) is 0 Å². The van der Waals surface area contributed by atoms with E-state index in [0.717, 1.165) is 10.6 Å². The molecule has 0 saturated heterocycles. The molecule has 0 heterocycles. The molecule has 0 aliphatic carbocycles. The summed E-state index contributed by atoms with van der Waals surface area (Å²) in [5.41, 5.74) is 0.319. The topological polar surface area (TPSA) is 119 Å². The van der Waals surface area contributed by atoms with Crippen LogP contribution in [0.25, 0.3) is 0 Å². The number of anilines is 1. The zero-order chi connectivity index (χ0) is 23.0. The van der Waals surface area contributed by atoms with Crippen LogP contribution in [0.1, 0.15) is 18.4 Å². The van der Waals surface area contributed by atoms with Crippen molar-refractivity contribution in [1.82, 2.24) is 5.32 Å². The Labute approximate surface area is 186 Å². The molecule has 2 aromatic rings. The predicted octanol–water partition coefficient (Wildman–Crippen LogP) is 3.30. The molecule has 31 heavy (non-hydrogen) atoms. The van der Waals surface area contributed by atoms with Crippen molar-refractivity contribution in [3.63, 3.8) is 0 Å². The van der Waals surface area contributed by atoms with Crippen LogP contribution >= 0.6 is 11.6 Å². The summed E-state index contributed by atoms with van der Waals surface area (Å²) in [6, 6.07) is 11.1. The molecular weight excluding hydrogens is 446 g/mol. The van der Waals surface area contributed by atoms with E-state index in [4.69, 9.17) is 16.3 Å². The van der Waals surface area contributed by atoms with E-state index in [1.54, 1.807) is 24.3 Å². The Morgan fingerprint density at radius 2 is 1.90 bits per heavy atom. The van der Waals surface area contributed by atoms with Gasteiger partial charge in [-0.15, -0.1) is 0 Å². The van der Waals surface area contributed by atoms with Crippen molar-refractivity contribution in [2.75, 3.05) is 30.3 Å². The molecule has 0 spiro atoms. The third-order valence-corrected chi connectivity index (χ3v) is 5.85. The van der Waals surface area contributed by atoms with Crippen LogP contribution in [0.5, 0.6) is 5.75 Å². The van der Waals surface area contributed by atoms with Crippen molar-refractivity contribution in [2.45, 2.75) is 19.8 Å². The van der Waals surface area contributed by atoms with Crippen molar-refractivity contribution in [3.05, 3.63) is 63.2 Å². The fourth-order valence-electron chi connectivity index (χ4n) is 2.91. The summed E-state index contributed by atoms with van der Waals surface area (Å²) in [4.78, 5) is 22.6. The number of carbonyl (C=O) groups is 1. The number of nitrogens with zero attached hydrogens (tertiary/aromatic N) is 2. The third-order valence-electron chi connectivity index (χ3n) is 4.41. The van der Waals surface area contributed by atoms with Crippen LogP contribution in [0.2, 0.25) is 5.02 Å². The molecule has 168 valence electrons. The molecule has 1 amide bonds. The summed E-state index contributed by atoms with van der Waals surface area (Å²) >= 11 is 5.80. The first-order chi connectivity index (χ1) is 14.6. The maximum Gasteiger partial charge on any atom is 0.274 e. The van der Waals surface area contributed by atoms with Gasteiger partial charge in [0, 0.05) is 24.1 Å². The number of hydrogen-bond donors (Lipinski definition) is 1. The van der Waals surface area contributed by atoms with Gasteiger partial charge in [0.05, 0.1) is 29.0 Å². The standard InChI is InChI=1S/C20H24ClN3O6S/c1-15-18(5-3-6-19(15)24(26)27)23(31(2,28)29)13-4-7-20(25)22-12-14-30-17-10-8-16(21)9-11-17/h3,5-6,8-11H,4,7,12-14H2,1-2H3,(H,22,25). The van der Waals surface area contributed by atoms with E-state index in [9.17, 15) is 23.3 Å². The van der Waals surface area contributed by atoms with Crippen molar-refractivity contribution < 1.29 is 22.9 Å². The Kier molecular flexibility index (Phi) is 8.64. The van der Waals surface area contributed by atoms with E-state index < -0.39 is 14.9 Å². The van der Waals surface area contributed by atoms with Crippen LogP contribution in [0, 0.1) is 17.0 Å². The smallest absolute Gasteiger partial charge is 0.274 e. The zero-order valence-electron chi connectivity index (χ0n) is 17.2. The molecular formula is C20H24ClN3O6S. The van der Waals surface area contributed by atoms with Crippen molar-refractivity contribution >= 4 is 38.9 Å². The molecule has 1 N–H and O–H groups in total. The number of nitro benzene ring substituents is 1. The second-order valence-electron chi connectivity index (χ2n) is 6.77. The first-order valence-electron chi connectivity index (χ1n) is 9.46. The first-order valence-corrected chi connectivity index (χ1v) is 11.7. The molecule has 11 heteroatoms. The third kappa shape index (κ3) is 7.41. The molecule has 0 saturated carbocycles. The molecule has 0 aliphatic rings. The van der Waals surface area contributed by atoms with Crippen LogP contribution in [0.15, 0.2) is 42.5 Å². The number of nitrogens with one attached hydrogen (secondary N) is 1. The van der Waals surface area contributed by atoms with E-state index in [1.165, 1.54) is 25.1 Å². The number of rotatable bonds is 11. The van der Waals surface area contributed by atoms with E-state index in [0.29, 0.717) is 17.3 Å². The molecule has 0 atom stereocenters. The highest BCUT2D eigenvalue weighted by Crippen LogP contribution is 2.30. The van der Waals surface area contributed by atoms with E-state index >= 15 is 0 Å². The summed E-state index contributed by atoms with van der Waals surface area (Å²) in [6.07, 6.45) is 1.37. The molecule has 9 nitrogen and oxygen atoms in total. The fourth-order valence-corrected chi connectivity index (χ4v) is 4.05. The number of nitro groups is 1. The lowest BCUT2D eigenvalue weighted by molar-refractivity contribution is -0.385. The average molecular weight is 470 g/mol. The van der Waals surface area contributed by atoms with E-state index in [2.05, 4.69) is 5.32 Å². The minimum Gasteiger partial charge on any atom is -0.492 e. The molecule has 0 fully saturated rings. The zero-order valence-corrected chi connectivity index (χ0v) is 18.8. The van der Waals surface area contributed by atoms with Crippen LogP contribution in [-0.2, 0) is 14.8 Å². The van der Waals surface area contributed by atoms with Gasteiger partial charge in [0.15, 0.2) is 0 Å². The molecule has 0 aromatic heterocycles. The first kappa shape index (κ1) is 24.4. The van der Waals surface area contributed by atoms with Gasteiger partial charge in [-0.1, -0.05) is 17.7 Å². The quantitative estimate of drug-likeness (QED) is 0.306. The summed E-state index contributed by atoms with van der Waals surface area (Å²) in [5, 5.41) is 14.5. The Morgan fingerprint density at radius 3 is 2.52 bits per heavy atom. The van der Waals surface area contributed by atoms with Crippen molar-refractivity contribution in [2.24, 2.45) is 0 Å². The van der Waals surface area contributed by atoms with Gasteiger partial charge in [-0.05, 0) is 43.7 Å². The Hall–Kier alpha value is -2.85. The van der Waals surface area contributed by atoms with Gasteiger partial charge in [-0.3, -0.25) is 19.2 Å². The van der Waals surface area contributed by atoms with E-state index in [1.807, 2.05) is 0 Å². The van der Waals surface area contributed by atoms with Gasteiger partial charge >= 0.3 is 0 Å². The van der Waals surface area contributed by atoms with Gasteiger partial charge in [-0.2, -0.15) is 0 Å². The Bertz CT molecular complexity index is 1030. The average Bonchev–Trinajstić information content (AvgIpc) is 2.69. The minimum absolute atomic E-state index is 0.0233. The van der Waals surface area contributed by atoms with Gasteiger partial charge in [0.25, 0.3) is 5.69 Å². The number of amides is 1. The van der Waals surface area contributed by atoms with Crippen LogP contribution in [-0.4, -0.2) is 45.2 Å². The Morgan fingerprint density at radius 1 is 1.23 bits per heavy atom. The highest BCUT2D eigenvalue weighted by Gasteiger charge is 2.23. The van der Waals surface area contributed by atoms with Crippen molar-refractivity contribution in [3.8, 4) is 5.75 Å². The lowest BCUT2D eigenvalue weighted by Gasteiger charge is -2.24. The summed E-state index contributed by atoms with van der Waals surface area (Å²) < 4.78 is 31.1. The van der Waals surface area contributed by atoms with Crippen LogP contribution in [0.4, 0.5) is 11.4 Å². The highest BCUT2D eigenvalue weighted by atomic mass is 35.5. The number of benzene rings is 2. The normalized spacial score (nSPS) is 11.1. The van der Waals surface area contributed by atoms with Gasteiger partial charge in [0.2, 0.25) is 15.9 Å². The van der Waals surface area contributed by atoms with Gasteiger partial charge in [-0.25, -0.2) is 8.42 Å². The molecule has 0 radical (unpaired) electrons. The molecule has 2 rings (SSSR count). The molecule has 0 aliphatic heterocycles. The molecule has 0 unspecified atom stereocenters. The predicted molar refractivity (Wildman–Crippen MR) is 119 cm³/mol. The Balaban J connectivity index is 1.86. The number of halogens is 1. The largest absolute Gasteiger partial charge is 0.492 e. The second kappa shape index (κ2) is 11.0. The number of hydrogen-bond acceptors (Lipinski definition) is 6. The van der Waals surface area contributed by atoms with Gasteiger partial charge in [0.1, 0.15) is 12.4 Å². The monoisotopic (exact) mass is 469 g/mol. The summed E-state index contributed by atoms with van der Waals surface area (Å²) in [5.74, 6) is 0.388. The minimum atomic E-state index is -3.69. The number of ether oxygens (including phenoxy) is 1. The maximum absolute atomic E-state index is 12.2. The fraction of sp³-hybridized carbons (Fsp3) is 0.350. The highest BCUT2D eigenvalue weighted by molar-refractivity contribution is 7.92. The van der Waals surface area contributed by atoms with Gasteiger partial charge < -0.3 is 10.1 Å². The summed E-state index contributed by atoms with van der Waals surface area (Å²) in [6.45, 7) is 2.09. The number of carbonyl (C=O) groups excluding carboxylic acids is 1. The van der Waals surface area contributed by atoms with E-state index in [-0.39, 0.29) is 48.8 Å². The van der Waals surface area contributed by atoms with Crippen LogP contribution in [0.3, 0.4) is 0 Å². The molecule has 2 aromatic carbocycles. The number of sulfonamides is 1. The lowest BCUT2D eigenvalue weighted by atomic mass is 10.1. The molecule has 0 bridgehead atoms. The SMILES string of the molecule is Cc1c(N(CCCC(=O)NCCOc2ccc(Cl)cc2)S(C)(=O)=O)cccc1[N+](=O)[O-]. The second-order valence-corrected chi connectivity index (χ2v) is 9.11. The summed E-state index contributed by atoms with van der Waals surface area (Å²) in [7, 11) is -3.69. The van der Waals surface area contributed by atoms with Crippen LogP contribution < -0.4 is 14.4 Å². The maximum atomic E-state index is 12.2. The lowest BCUT2D eigenvalue weighted by Crippen LogP contribution is -2.33.